The van der Waals surface area contributed by atoms with Crippen LogP contribution in [0.15, 0.2) is 18.2 Å². The summed E-state index contributed by atoms with van der Waals surface area (Å²) in [6, 6.07) is 3.73. The van der Waals surface area contributed by atoms with Crippen LogP contribution in [0.1, 0.15) is 39.0 Å². The molecule has 0 aliphatic rings. The van der Waals surface area contributed by atoms with Crippen molar-refractivity contribution in [2.75, 3.05) is 11.9 Å². The molecule has 0 unspecified atom stereocenters. The molecule has 116 valence electrons. The van der Waals surface area contributed by atoms with Gasteiger partial charge in [0.2, 0.25) is 0 Å². The van der Waals surface area contributed by atoms with Crippen molar-refractivity contribution in [3.05, 3.63) is 29.0 Å². The summed E-state index contributed by atoms with van der Waals surface area (Å²) in [4.78, 5) is 23.2. The number of unbranched alkanes of at least 4 members (excludes halogenated alkanes) is 4. The second kappa shape index (κ2) is 9.34. The summed E-state index contributed by atoms with van der Waals surface area (Å²) in [6.45, 7) is 2.61. The molecule has 0 aliphatic carbocycles. The van der Waals surface area contributed by atoms with E-state index in [4.69, 9.17) is 11.6 Å². The molecule has 0 fully saturated rings. The van der Waals surface area contributed by atoms with Gasteiger partial charge in [-0.15, -0.1) is 0 Å². The first kappa shape index (κ1) is 17.4. The fourth-order valence-electron chi connectivity index (χ4n) is 1.77. The van der Waals surface area contributed by atoms with Crippen molar-refractivity contribution < 1.29 is 14.0 Å². The van der Waals surface area contributed by atoms with Gasteiger partial charge in [0.25, 0.3) is 0 Å². The largest absolute Gasteiger partial charge is 0.348 e. The Labute approximate surface area is 129 Å². The number of carbonyl (C=O) groups excluding carboxylic acids is 2. The normalized spacial score (nSPS) is 10.2. The van der Waals surface area contributed by atoms with Crippen LogP contribution in [0.25, 0.3) is 0 Å². The molecule has 4 nitrogen and oxygen atoms in total. The van der Waals surface area contributed by atoms with Crippen molar-refractivity contribution in [1.82, 2.24) is 5.32 Å². The Morgan fingerprint density at radius 2 is 1.86 bits per heavy atom. The molecule has 0 aliphatic heterocycles. The van der Waals surface area contributed by atoms with Crippen LogP contribution in [0.2, 0.25) is 5.02 Å². The first-order valence-electron chi connectivity index (χ1n) is 7.08. The zero-order chi connectivity index (χ0) is 15.7. The number of halogens is 2. The van der Waals surface area contributed by atoms with E-state index in [1.54, 1.807) is 0 Å². The van der Waals surface area contributed by atoms with Crippen molar-refractivity contribution in [2.24, 2.45) is 0 Å². The molecule has 0 spiro atoms. The van der Waals surface area contributed by atoms with Gasteiger partial charge in [0.15, 0.2) is 0 Å². The van der Waals surface area contributed by atoms with E-state index < -0.39 is 17.6 Å². The third kappa shape index (κ3) is 6.58. The molecule has 6 heteroatoms. The number of carbonyl (C=O) groups is 2. The zero-order valence-electron chi connectivity index (χ0n) is 12.0. The van der Waals surface area contributed by atoms with Gasteiger partial charge in [-0.2, -0.15) is 0 Å². The molecule has 0 atom stereocenters. The molecule has 0 bridgehead atoms. The fraction of sp³-hybridized carbons (Fsp3) is 0.467. The summed E-state index contributed by atoms with van der Waals surface area (Å²) in [6.07, 6.45) is 5.35. The minimum Gasteiger partial charge on any atom is -0.348 e. The lowest BCUT2D eigenvalue weighted by molar-refractivity contribution is -0.136. The monoisotopic (exact) mass is 314 g/mol. The average molecular weight is 315 g/mol. The first-order chi connectivity index (χ1) is 10.0. The molecular formula is C15H20ClFN2O2. The second-order valence-electron chi connectivity index (χ2n) is 4.75. The molecule has 2 N–H and O–H groups in total. The quantitative estimate of drug-likeness (QED) is 0.598. The van der Waals surface area contributed by atoms with E-state index in [1.165, 1.54) is 18.6 Å². The minimum atomic E-state index is -0.786. The lowest BCUT2D eigenvalue weighted by atomic mass is 10.1. The van der Waals surface area contributed by atoms with Crippen LogP contribution in [0.5, 0.6) is 0 Å². The molecule has 0 saturated carbocycles. The van der Waals surface area contributed by atoms with Crippen LogP contribution >= 0.6 is 11.6 Å². The van der Waals surface area contributed by atoms with Crippen LogP contribution in [0.4, 0.5) is 10.1 Å². The van der Waals surface area contributed by atoms with E-state index in [0.717, 1.165) is 31.7 Å². The molecule has 0 saturated heterocycles. The van der Waals surface area contributed by atoms with Crippen molar-refractivity contribution >= 4 is 29.1 Å². The summed E-state index contributed by atoms with van der Waals surface area (Å²) in [5.41, 5.74) is 0.282. The third-order valence-corrected chi connectivity index (χ3v) is 3.24. The predicted molar refractivity (Wildman–Crippen MR) is 81.8 cm³/mol. The van der Waals surface area contributed by atoms with E-state index in [2.05, 4.69) is 17.6 Å². The Morgan fingerprint density at radius 1 is 1.14 bits per heavy atom. The van der Waals surface area contributed by atoms with Crippen LogP contribution in [-0.2, 0) is 9.59 Å². The molecular weight excluding hydrogens is 295 g/mol. The summed E-state index contributed by atoms with van der Waals surface area (Å²) in [7, 11) is 0. The summed E-state index contributed by atoms with van der Waals surface area (Å²) >= 11 is 5.59. The fourth-order valence-corrected chi connectivity index (χ4v) is 1.95. The van der Waals surface area contributed by atoms with Crippen LogP contribution in [0.3, 0.4) is 0 Å². The molecule has 0 aromatic heterocycles. The Kier molecular flexibility index (Phi) is 7.75. The van der Waals surface area contributed by atoms with Gasteiger partial charge in [0, 0.05) is 12.2 Å². The van der Waals surface area contributed by atoms with E-state index in [9.17, 15) is 14.0 Å². The van der Waals surface area contributed by atoms with Gasteiger partial charge < -0.3 is 10.6 Å². The van der Waals surface area contributed by atoms with Crippen molar-refractivity contribution in [2.45, 2.75) is 39.0 Å². The molecule has 21 heavy (non-hydrogen) atoms. The van der Waals surface area contributed by atoms with Gasteiger partial charge in [0.1, 0.15) is 5.82 Å². The highest BCUT2D eigenvalue weighted by atomic mass is 35.5. The molecule has 1 aromatic carbocycles. The van der Waals surface area contributed by atoms with E-state index in [-0.39, 0.29) is 10.7 Å². The summed E-state index contributed by atoms with van der Waals surface area (Å²) < 4.78 is 13.0. The highest BCUT2D eigenvalue weighted by molar-refractivity contribution is 6.39. The van der Waals surface area contributed by atoms with E-state index in [1.807, 2.05) is 0 Å². The van der Waals surface area contributed by atoms with Crippen molar-refractivity contribution in [1.29, 1.82) is 0 Å². The van der Waals surface area contributed by atoms with Crippen molar-refractivity contribution in [3.63, 3.8) is 0 Å². The smallest absolute Gasteiger partial charge is 0.313 e. The molecule has 1 rings (SSSR count). The topological polar surface area (TPSA) is 58.2 Å². The predicted octanol–water partition coefficient (Wildman–Crippen LogP) is 3.50. The highest BCUT2D eigenvalue weighted by Crippen LogP contribution is 2.19. The standard InChI is InChI=1S/C15H20ClFN2O2/c1-2-3-4-5-6-9-18-14(20)15(21)19-11-7-8-13(17)12(16)10-11/h7-8,10H,2-6,9H2,1H3,(H,18,20)(H,19,21). The highest BCUT2D eigenvalue weighted by Gasteiger charge is 2.13. The minimum absolute atomic E-state index is 0.107. The average Bonchev–Trinajstić information content (AvgIpc) is 2.46. The number of nitrogens with one attached hydrogen (secondary N) is 2. The van der Waals surface area contributed by atoms with Crippen LogP contribution in [-0.4, -0.2) is 18.4 Å². The van der Waals surface area contributed by atoms with E-state index >= 15 is 0 Å². The Morgan fingerprint density at radius 3 is 2.52 bits per heavy atom. The SMILES string of the molecule is CCCCCCCNC(=O)C(=O)Nc1ccc(F)c(Cl)c1. The van der Waals surface area contributed by atoms with Crippen LogP contribution in [0, 0.1) is 5.82 Å². The number of amides is 2. The van der Waals surface area contributed by atoms with Gasteiger partial charge in [-0.05, 0) is 24.6 Å². The molecule has 1 aromatic rings. The Balaban J connectivity index is 2.30. The van der Waals surface area contributed by atoms with Gasteiger partial charge in [-0.25, -0.2) is 4.39 Å². The maximum atomic E-state index is 13.0. The molecule has 2 amide bonds. The van der Waals surface area contributed by atoms with E-state index in [0.29, 0.717) is 6.54 Å². The Hall–Kier alpha value is -1.62. The van der Waals surface area contributed by atoms with Crippen molar-refractivity contribution in [3.8, 4) is 0 Å². The van der Waals surface area contributed by atoms with Crippen LogP contribution < -0.4 is 10.6 Å². The first-order valence-corrected chi connectivity index (χ1v) is 7.46. The zero-order valence-corrected chi connectivity index (χ0v) is 12.8. The number of rotatable bonds is 7. The van der Waals surface area contributed by atoms with Gasteiger partial charge in [-0.3, -0.25) is 9.59 Å². The maximum absolute atomic E-state index is 13.0. The second-order valence-corrected chi connectivity index (χ2v) is 5.16. The Bertz CT molecular complexity index is 495. The summed E-state index contributed by atoms with van der Waals surface area (Å²) in [5.74, 6) is -2.07. The molecule has 0 heterocycles. The maximum Gasteiger partial charge on any atom is 0.313 e. The number of hydrogen-bond acceptors (Lipinski definition) is 2. The van der Waals surface area contributed by atoms with Gasteiger partial charge >= 0.3 is 11.8 Å². The summed E-state index contributed by atoms with van der Waals surface area (Å²) in [5, 5.41) is 4.81. The third-order valence-electron chi connectivity index (χ3n) is 2.95. The number of benzene rings is 1. The van der Waals surface area contributed by atoms with Gasteiger partial charge in [0.05, 0.1) is 5.02 Å². The lowest BCUT2D eigenvalue weighted by Gasteiger charge is -2.07. The lowest BCUT2D eigenvalue weighted by Crippen LogP contribution is -2.35. The number of hydrogen-bond donors (Lipinski definition) is 2. The number of anilines is 1. The molecule has 0 radical (unpaired) electrons. The van der Waals surface area contributed by atoms with Gasteiger partial charge in [-0.1, -0.05) is 44.2 Å².